The summed E-state index contributed by atoms with van der Waals surface area (Å²) in [7, 11) is 0. The molecular weight excluding hydrogens is 284 g/mol. The summed E-state index contributed by atoms with van der Waals surface area (Å²) in [6.45, 7) is 2.46. The lowest BCUT2D eigenvalue weighted by Crippen LogP contribution is -2.43. The summed E-state index contributed by atoms with van der Waals surface area (Å²) in [4.78, 5) is 33.5. The van der Waals surface area contributed by atoms with Gasteiger partial charge in [0, 0.05) is 26.1 Å². The van der Waals surface area contributed by atoms with Crippen LogP contribution in [0.15, 0.2) is 0 Å². The van der Waals surface area contributed by atoms with E-state index in [2.05, 4.69) is 21.3 Å². The Kier molecular flexibility index (Phi) is 9.21. The molecule has 0 unspecified atom stereocenters. The lowest BCUT2D eigenvalue weighted by atomic mass is 10.1. The van der Waals surface area contributed by atoms with E-state index in [9.17, 15) is 14.4 Å². The van der Waals surface area contributed by atoms with Crippen molar-refractivity contribution >= 4 is 17.7 Å². The molecule has 1 aliphatic rings. The van der Waals surface area contributed by atoms with Gasteiger partial charge in [-0.25, -0.2) is 0 Å². The second-order valence-electron chi connectivity index (χ2n) is 5.68. The van der Waals surface area contributed by atoms with Gasteiger partial charge in [0.2, 0.25) is 17.7 Å². The number of carbonyl (C=O) groups excluding carboxylic acids is 3. The van der Waals surface area contributed by atoms with Crippen LogP contribution in [-0.4, -0.2) is 49.9 Å². The van der Waals surface area contributed by atoms with E-state index in [0.29, 0.717) is 12.6 Å². The molecule has 0 spiro atoms. The van der Waals surface area contributed by atoms with Crippen LogP contribution in [0, 0.1) is 0 Å². The van der Waals surface area contributed by atoms with E-state index in [4.69, 9.17) is 0 Å². The highest BCUT2D eigenvalue weighted by Gasteiger charge is 2.11. The number of rotatable bonds is 8. The highest BCUT2D eigenvalue weighted by molar-refractivity contribution is 5.87. The third kappa shape index (κ3) is 9.33. The Morgan fingerprint density at radius 2 is 1.41 bits per heavy atom. The molecule has 22 heavy (non-hydrogen) atoms. The third-order valence-corrected chi connectivity index (χ3v) is 3.68. The van der Waals surface area contributed by atoms with Gasteiger partial charge in [0.05, 0.1) is 13.1 Å². The number of hydrogen-bond donors (Lipinski definition) is 4. The van der Waals surface area contributed by atoms with Gasteiger partial charge in [-0.2, -0.15) is 0 Å². The van der Waals surface area contributed by atoms with Crippen molar-refractivity contribution in [2.24, 2.45) is 0 Å². The molecule has 0 heterocycles. The van der Waals surface area contributed by atoms with Crippen molar-refractivity contribution in [3.8, 4) is 0 Å². The van der Waals surface area contributed by atoms with Gasteiger partial charge in [-0.15, -0.1) is 0 Å². The van der Waals surface area contributed by atoms with E-state index in [0.717, 1.165) is 6.54 Å². The molecule has 1 rings (SSSR count). The van der Waals surface area contributed by atoms with Crippen LogP contribution in [0.5, 0.6) is 0 Å². The Balaban J connectivity index is 2.00. The van der Waals surface area contributed by atoms with Crippen LogP contribution >= 0.6 is 0 Å². The van der Waals surface area contributed by atoms with Gasteiger partial charge >= 0.3 is 0 Å². The fourth-order valence-electron chi connectivity index (χ4n) is 2.47. The van der Waals surface area contributed by atoms with Crippen molar-refractivity contribution in [1.29, 1.82) is 0 Å². The summed E-state index contributed by atoms with van der Waals surface area (Å²) >= 11 is 0. The monoisotopic (exact) mass is 312 g/mol. The Labute approximate surface area is 132 Å². The number of nitrogens with one attached hydrogen (secondary N) is 4. The topological polar surface area (TPSA) is 99.3 Å². The molecule has 1 saturated carbocycles. The number of carbonyl (C=O) groups is 3. The van der Waals surface area contributed by atoms with Crippen molar-refractivity contribution in [3.05, 3.63) is 0 Å². The SMILES string of the molecule is CC(=O)NCC(=O)NCC(=O)NCCNC1CCCCCC1. The number of hydrogen-bond acceptors (Lipinski definition) is 4. The predicted octanol–water partition coefficient (Wildman–Crippen LogP) is -0.333. The van der Waals surface area contributed by atoms with Crippen LogP contribution in [0.3, 0.4) is 0 Å². The molecule has 4 N–H and O–H groups in total. The molecular formula is C15H28N4O3. The van der Waals surface area contributed by atoms with E-state index < -0.39 is 0 Å². The zero-order chi connectivity index (χ0) is 16.2. The Bertz CT molecular complexity index is 366. The smallest absolute Gasteiger partial charge is 0.239 e. The minimum absolute atomic E-state index is 0.0676. The number of amides is 3. The van der Waals surface area contributed by atoms with Crippen molar-refractivity contribution in [3.63, 3.8) is 0 Å². The first-order valence-corrected chi connectivity index (χ1v) is 8.09. The highest BCUT2D eigenvalue weighted by Crippen LogP contribution is 2.16. The zero-order valence-corrected chi connectivity index (χ0v) is 13.4. The molecule has 0 saturated heterocycles. The lowest BCUT2D eigenvalue weighted by Gasteiger charge is -2.16. The average molecular weight is 312 g/mol. The molecule has 0 aromatic carbocycles. The molecule has 0 aromatic rings. The van der Waals surface area contributed by atoms with Crippen molar-refractivity contribution in [1.82, 2.24) is 21.3 Å². The van der Waals surface area contributed by atoms with Crippen LogP contribution in [0.2, 0.25) is 0 Å². The van der Waals surface area contributed by atoms with Crippen LogP contribution in [0.1, 0.15) is 45.4 Å². The van der Waals surface area contributed by atoms with Gasteiger partial charge in [0.1, 0.15) is 0 Å². The van der Waals surface area contributed by atoms with Crippen LogP contribution in [-0.2, 0) is 14.4 Å². The van der Waals surface area contributed by atoms with Gasteiger partial charge in [-0.1, -0.05) is 25.7 Å². The van der Waals surface area contributed by atoms with Gasteiger partial charge in [-0.05, 0) is 12.8 Å². The fraction of sp³-hybridized carbons (Fsp3) is 0.800. The van der Waals surface area contributed by atoms with E-state index in [1.807, 2.05) is 0 Å². The summed E-state index contributed by atoms with van der Waals surface area (Å²) in [5.74, 6) is -0.870. The van der Waals surface area contributed by atoms with E-state index in [-0.39, 0.29) is 30.8 Å². The van der Waals surface area contributed by atoms with E-state index >= 15 is 0 Å². The summed E-state index contributed by atoms with van der Waals surface area (Å²) < 4.78 is 0. The normalized spacial score (nSPS) is 15.7. The second kappa shape index (κ2) is 11.0. The second-order valence-corrected chi connectivity index (χ2v) is 5.68. The highest BCUT2D eigenvalue weighted by atomic mass is 16.2. The summed E-state index contributed by atoms with van der Waals surface area (Å²) in [5.41, 5.74) is 0. The maximum atomic E-state index is 11.6. The average Bonchev–Trinajstić information content (AvgIpc) is 2.76. The van der Waals surface area contributed by atoms with Crippen molar-refractivity contribution in [2.75, 3.05) is 26.2 Å². The zero-order valence-electron chi connectivity index (χ0n) is 13.4. The molecule has 0 aromatic heterocycles. The van der Waals surface area contributed by atoms with E-state index in [1.165, 1.54) is 45.4 Å². The molecule has 0 radical (unpaired) electrons. The summed E-state index contributed by atoms with van der Waals surface area (Å²) in [5, 5.41) is 11.0. The van der Waals surface area contributed by atoms with Crippen LogP contribution < -0.4 is 21.3 Å². The fourth-order valence-corrected chi connectivity index (χ4v) is 2.47. The largest absolute Gasteiger partial charge is 0.353 e. The first-order valence-electron chi connectivity index (χ1n) is 8.09. The Morgan fingerprint density at radius 3 is 2.05 bits per heavy atom. The quantitative estimate of drug-likeness (QED) is 0.364. The Hall–Kier alpha value is -1.63. The molecule has 7 nitrogen and oxygen atoms in total. The summed E-state index contributed by atoms with van der Waals surface area (Å²) in [6.07, 6.45) is 7.65. The molecule has 3 amide bonds. The molecule has 0 atom stereocenters. The molecule has 1 fully saturated rings. The standard InChI is InChI=1S/C15H28N4O3/c1-12(20)18-10-15(22)19-11-14(21)17-9-8-16-13-6-4-2-3-5-7-13/h13,16H,2-11H2,1H3,(H,17,21)(H,18,20)(H,19,22). The van der Waals surface area contributed by atoms with Crippen LogP contribution in [0.4, 0.5) is 0 Å². The van der Waals surface area contributed by atoms with Crippen molar-refractivity contribution < 1.29 is 14.4 Å². The predicted molar refractivity (Wildman–Crippen MR) is 84.2 cm³/mol. The molecule has 1 aliphatic carbocycles. The van der Waals surface area contributed by atoms with E-state index in [1.54, 1.807) is 0 Å². The first-order chi connectivity index (χ1) is 10.6. The maximum absolute atomic E-state index is 11.6. The summed E-state index contributed by atoms with van der Waals surface area (Å²) in [6, 6.07) is 0.566. The van der Waals surface area contributed by atoms with Gasteiger partial charge in [0.25, 0.3) is 0 Å². The Morgan fingerprint density at radius 1 is 0.818 bits per heavy atom. The maximum Gasteiger partial charge on any atom is 0.239 e. The molecule has 126 valence electrons. The van der Waals surface area contributed by atoms with Crippen molar-refractivity contribution in [2.45, 2.75) is 51.5 Å². The van der Waals surface area contributed by atoms with Crippen LogP contribution in [0.25, 0.3) is 0 Å². The van der Waals surface area contributed by atoms with Gasteiger partial charge in [0.15, 0.2) is 0 Å². The minimum atomic E-state index is -0.373. The minimum Gasteiger partial charge on any atom is -0.353 e. The molecule has 7 heteroatoms. The first kappa shape index (κ1) is 18.4. The third-order valence-electron chi connectivity index (χ3n) is 3.68. The van der Waals surface area contributed by atoms with Gasteiger partial charge < -0.3 is 21.3 Å². The lowest BCUT2D eigenvalue weighted by molar-refractivity contribution is -0.127. The molecule has 0 bridgehead atoms. The van der Waals surface area contributed by atoms with Gasteiger partial charge in [-0.3, -0.25) is 14.4 Å². The molecule has 0 aliphatic heterocycles.